The third-order valence-electron chi connectivity index (χ3n) is 4.25. The molecule has 3 atom stereocenters. The molecule has 10 nitrogen and oxygen atoms in total. The van der Waals surface area contributed by atoms with Crippen LogP contribution in [0.4, 0.5) is 0 Å². The molecule has 1 fully saturated rings. The number of thiophene rings is 1. The van der Waals surface area contributed by atoms with Crippen LogP contribution >= 0.6 is 23.1 Å². The fourth-order valence-corrected chi connectivity index (χ4v) is 5.14. The summed E-state index contributed by atoms with van der Waals surface area (Å²) in [6.45, 7) is 0.988. The van der Waals surface area contributed by atoms with E-state index in [0.717, 1.165) is 28.5 Å². The van der Waals surface area contributed by atoms with Gasteiger partial charge in [-0.3, -0.25) is 19.3 Å². The van der Waals surface area contributed by atoms with Gasteiger partial charge in [-0.05, 0) is 11.4 Å². The predicted molar refractivity (Wildman–Crippen MR) is 98.3 cm³/mol. The normalized spacial score (nSPS) is 21.0. The average molecular weight is 462 g/mol. The third-order valence-corrected chi connectivity index (χ3v) is 6.43. The van der Waals surface area contributed by atoms with E-state index >= 15 is 0 Å². The summed E-state index contributed by atoms with van der Waals surface area (Å²) in [5, 5.41) is 24.6. The van der Waals surface area contributed by atoms with Gasteiger partial charge < -0.3 is 25.1 Å². The van der Waals surface area contributed by atoms with Gasteiger partial charge in [0, 0.05) is 23.1 Å². The summed E-state index contributed by atoms with van der Waals surface area (Å²) in [5.41, 5.74) is -0.901. The molecule has 2 amide bonds. The molecule has 0 spiro atoms. The summed E-state index contributed by atoms with van der Waals surface area (Å²) >= 11 is 2.46. The average Bonchev–Trinajstić information content (AvgIpc) is 3.15. The van der Waals surface area contributed by atoms with Gasteiger partial charge in [0.25, 0.3) is 5.91 Å². The topological polar surface area (TPSA) is 153 Å². The Bertz CT molecular complexity index is 917. The van der Waals surface area contributed by atoms with E-state index in [2.05, 4.69) is 5.32 Å². The van der Waals surface area contributed by atoms with Crippen LogP contribution in [-0.2, 0) is 35.1 Å². The third kappa shape index (κ3) is 4.89. The maximum Gasteiger partial charge on any atom is 1.00 e. The largest absolute Gasteiger partial charge is 1.00 e. The van der Waals surface area contributed by atoms with Crippen LogP contribution < -0.4 is 40.0 Å². The Morgan fingerprint density at radius 2 is 2.10 bits per heavy atom. The van der Waals surface area contributed by atoms with Crippen LogP contribution in [0.3, 0.4) is 0 Å². The van der Waals surface area contributed by atoms with Crippen molar-refractivity contribution < 1.29 is 68.5 Å². The zero-order chi connectivity index (χ0) is 21.3. The van der Waals surface area contributed by atoms with E-state index in [0.29, 0.717) is 0 Å². The van der Waals surface area contributed by atoms with Gasteiger partial charge in [0.05, 0.1) is 18.1 Å². The standard InChI is InChI=1S/C17H16N2O8S2.Na/c1-7(20)27-13(17(25)26)9-6-29-15-11(14(22)19(15)12(9)16(23)24)18-10(21)5-8-3-2-4-28-8;/h2-4,11,13,15H,5-6H2,1H3,(H,18,21)(H,23,24)(H,25,26);/q;+1/p-1/t11-,13?,15-;/m1./s1. The number of aliphatic carboxylic acids is 2. The molecule has 3 heterocycles. The molecule has 13 heteroatoms. The number of esters is 1. The molecule has 1 unspecified atom stereocenters. The minimum atomic E-state index is -1.85. The zero-order valence-corrected chi connectivity index (χ0v) is 19.6. The molecule has 0 aromatic carbocycles. The van der Waals surface area contributed by atoms with E-state index in [-0.39, 0.29) is 53.2 Å². The van der Waals surface area contributed by atoms with Crippen molar-refractivity contribution in [3.8, 4) is 0 Å². The fourth-order valence-electron chi connectivity index (χ4n) is 3.07. The van der Waals surface area contributed by atoms with Crippen LogP contribution in [0.1, 0.15) is 11.8 Å². The van der Waals surface area contributed by atoms with E-state index in [1.54, 1.807) is 12.1 Å². The van der Waals surface area contributed by atoms with Crippen molar-refractivity contribution in [2.24, 2.45) is 0 Å². The number of nitrogens with zero attached hydrogens (tertiary/aromatic N) is 1. The van der Waals surface area contributed by atoms with Gasteiger partial charge in [-0.15, -0.1) is 23.1 Å². The zero-order valence-electron chi connectivity index (χ0n) is 15.9. The molecule has 0 bridgehead atoms. The molecule has 30 heavy (non-hydrogen) atoms. The second kappa shape index (κ2) is 9.96. The molecule has 0 radical (unpaired) electrons. The Morgan fingerprint density at radius 3 is 2.63 bits per heavy atom. The molecular formula is C17H15N2NaO8S2. The number of ether oxygens (including phenoxy) is 1. The van der Waals surface area contributed by atoms with Crippen molar-refractivity contribution in [2.45, 2.75) is 30.9 Å². The van der Waals surface area contributed by atoms with Crippen molar-refractivity contribution in [1.29, 1.82) is 0 Å². The smallest absolute Gasteiger partial charge is 0.543 e. The maximum absolute atomic E-state index is 12.5. The van der Waals surface area contributed by atoms with E-state index in [4.69, 9.17) is 4.74 Å². The van der Waals surface area contributed by atoms with Gasteiger partial charge in [-0.2, -0.15) is 0 Å². The quantitative estimate of drug-likeness (QED) is 0.233. The van der Waals surface area contributed by atoms with Crippen LogP contribution in [0.15, 0.2) is 28.8 Å². The number of nitrogens with one attached hydrogen (secondary N) is 1. The van der Waals surface area contributed by atoms with Gasteiger partial charge in [-0.25, -0.2) is 4.79 Å². The minimum absolute atomic E-state index is 0. The number of carbonyl (C=O) groups is 5. The van der Waals surface area contributed by atoms with Crippen molar-refractivity contribution in [2.75, 3.05) is 5.75 Å². The summed E-state index contributed by atoms with van der Waals surface area (Å²) in [7, 11) is 0. The summed E-state index contributed by atoms with van der Waals surface area (Å²) in [6.07, 6.45) is -1.77. The molecule has 1 saturated heterocycles. The number of hydrogen-bond acceptors (Lipinski definition) is 9. The molecule has 0 saturated carbocycles. The molecule has 3 rings (SSSR count). The van der Waals surface area contributed by atoms with Gasteiger partial charge >= 0.3 is 41.5 Å². The second-order valence-corrected chi connectivity index (χ2v) is 8.34. The number of hydrogen-bond donors (Lipinski definition) is 2. The number of amides is 2. The number of fused-ring (bicyclic) bond motifs is 1. The van der Waals surface area contributed by atoms with E-state index in [1.165, 1.54) is 11.3 Å². The fraction of sp³-hybridized carbons (Fsp3) is 0.353. The van der Waals surface area contributed by atoms with Crippen molar-refractivity contribution >= 4 is 52.8 Å². The molecule has 154 valence electrons. The summed E-state index contributed by atoms with van der Waals surface area (Å²) in [5.74, 6) is -5.46. The minimum Gasteiger partial charge on any atom is -0.543 e. The predicted octanol–water partition coefficient (Wildman–Crippen LogP) is -4.29. The van der Waals surface area contributed by atoms with Crippen LogP contribution in [0.25, 0.3) is 0 Å². The number of carboxylic acid groups (broad SMARTS) is 2. The Labute approximate surface area is 200 Å². The summed E-state index contributed by atoms with van der Waals surface area (Å²) < 4.78 is 4.72. The first-order valence-corrected chi connectivity index (χ1v) is 10.2. The molecular weight excluding hydrogens is 447 g/mol. The van der Waals surface area contributed by atoms with Crippen molar-refractivity contribution in [3.05, 3.63) is 33.7 Å². The van der Waals surface area contributed by atoms with Crippen molar-refractivity contribution in [1.82, 2.24) is 10.2 Å². The maximum atomic E-state index is 12.5. The first-order valence-electron chi connectivity index (χ1n) is 8.31. The van der Waals surface area contributed by atoms with E-state index < -0.39 is 47.0 Å². The second-order valence-electron chi connectivity index (χ2n) is 6.20. The number of thioether (sulfide) groups is 1. The summed E-state index contributed by atoms with van der Waals surface area (Å²) in [4.78, 5) is 60.7. The number of rotatable bonds is 7. The van der Waals surface area contributed by atoms with Gasteiger partial charge in [0.2, 0.25) is 12.0 Å². The van der Waals surface area contributed by atoms with Crippen LogP contribution in [0.5, 0.6) is 0 Å². The first-order chi connectivity index (χ1) is 13.7. The molecule has 1 aromatic heterocycles. The first kappa shape index (κ1) is 24.4. The van der Waals surface area contributed by atoms with Crippen LogP contribution in [-0.4, -0.2) is 63.0 Å². The Kier molecular flexibility index (Phi) is 8.11. The SMILES string of the molecule is CC(=O)OC(C(=O)O)C1=C(C(=O)[O-])N2C(=O)[C@@H](NC(=O)Cc3cccs3)[C@H]2SC1.[Na+]. The van der Waals surface area contributed by atoms with E-state index in [1.807, 2.05) is 5.38 Å². The van der Waals surface area contributed by atoms with Gasteiger partial charge in [0.1, 0.15) is 11.4 Å². The Hall–Kier alpha value is -1.86. The van der Waals surface area contributed by atoms with Crippen LogP contribution in [0.2, 0.25) is 0 Å². The monoisotopic (exact) mass is 462 g/mol. The molecule has 1 aromatic rings. The van der Waals surface area contributed by atoms with Crippen LogP contribution in [0, 0.1) is 0 Å². The van der Waals surface area contributed by atoms with Gasteiger partial charge in [0.15, 0.2) is 0 Å². The molecule has 2 N–H and O–H groups in total. The molecule has 2 aliphatic rings. The summed E-state index contributed by atoms with van der Waals surface area (Å²) in [6, 6.07) is 2.63. The number of carbonyl (C=O) groups excluding carboxylic acids is 4. The van der Waals surface area contributed by atoms with Gasteiger partial charge in [-0.1, -0.05) is 6.07 Å². The number of β-lactam (4-membered cyclic amide) rings is 1. The van der Waals surface area contributed by atoms with Crippen molar-refractivity contribution in [3.63, 3.8) is 0 Å². The van der Waals surface area contributed by atoms with E-state index in [9.17, 15) is 34.2 Å². The number of carboxylic acids is 2. The Balaban J connectivity index is 0.00000320. The Morgan fingerprint density at radius 1 is 1.40 bits per heavy atom. The molecule has 2 aliphatic heterocycles. The molecule has 0 aliphatic carbocycles.